The molecule has 0 radical (unpaired) electrons. The third kappa shape index (κ3) is 3.03. The Bertz CT molecular complexity index is 397. The SMILES string of the molecule is CCN(CC)C(CC)(CC)C(NN)c1cnccc1C. The Morgan fingerprint density at radius 1 is 1.25 bits per heavy atom. The quantitative estimate of drug-likeness (QED) is 0.567. The minimum Gasteiger partial charge on any atom is -0.296 e. The van der Waals surface area contributed by atoms with Crippen molar-refractivity contribution in [1.82, 2.24) is 15.3 Å². The molecule has 1 unspecified atom stereocenters. The number of nitrogens with two attached hydrogens (primary N) is 1. The van der Waals surface area contributed by atoms with Crippen molar-refractivity contribution in [3.05, 3.63) is 29.6 Å². The molecule has 0 fully saturated rings. The molecule has 4 heteroatoms. The van der Waals surface area contributed by atoms with E-state index in [4.69, 9.17) is 5.84 Å². The van der Waals surface area contributed by atoms with Crippen LogP contribution in [0.15, 0.2) is 18.5 Å². The fraction of sp³-hybridized carbons (Fsp3) is 0.688. The third-order valence-corrected chi connectivity index (χ3v) is 4.71. The summed E-state index contributed by atoms with van der Waals surface area (Å²) in [5.41, 5.74) is 5.53. The molecule has 0 aliphatic carbocycles. The maximum absolute atomic E-state index is 5.95. The zero-order valence-corrected chi connectivity index (χ0v) is 13.6. The van der Waals surface area contributed by atoms with Crippen molar-refractivity contribution in [2.75, 3.05) is 13.1 Å². The standard InChI is InChI=1S/C16H30N4/c1-6-16(7-2,20(8-3)9-4)15(19-17)14-12-18-11-10-13(14)5/h10-12,15,19H,6-9,17H2,1-5H3. The average Bonchev–Trinajstić information content (AvgIpc) is 2.49. The van der Waals surface area contributed by atoms with Crippen molar-refractivity contribution in [1.29, 1.82) is 0 Å². The van der Waals surface area contributed by atoms with Gasteiger partial charge in [0.1, 0.15) is 0 Å². The van der Waals surface area contributed by atoms with Crippen molar-refractivity contribution in [3.8, 4) is 0 Å². The molecule has 1 atom stereocenters. The normalized spacial score (nSPS) is 13.8. The van der Waals surface area contributed by atoms with E-state index in [1.54, 1.807) is 0 Å². The van der Waals surface area contributed by atoms with Crippen LogP contribution in [0.2, 0.25) is 0 Å². The minimum atomic E-state index is 0.0199. The maximum Gasteiger partial charge on any atom is 0.0661 e. The third-order valence-electron chi connectivity index (χ3n) is 4.71. The topological polar surface area (TPSA) is 54.2 Å². The molecule has 0 saturated heterocycles. The lowest BCUT2D eigenvalue weighted by Crippen LogP contribution is -2.57. The summed E-state index contributed by atoms with van der Waals surface area (Å²) in [5, 5.41) is 0. The first-order valence-electron chi connectivity index (χ1n) is 7.72. The first kappa shape index (κ1) is 17.1. The van der Waals surface area contributed by atoms with E-state index in [1.165, 1.54) is 11.1 Å². The van der Waals surface area contributed by atoms with E-state index < -0.39 is 0 Å². The van der Waals surface area contributed by atoms with Crippen LogP contribution >= 0.6 is 0 Å². The molecule has 0 saturated carbocycles. The number of aryl methyl sites for hydroxylation is 1. The van der Waals surface area contributed by atoms with Crippen LogP contribution < -0.4 is 11.3 Å². The molecule has 3 N–H and O–H groups in total. The average molecular weight is 278 g/mol. The van der Waals surface area contributed by atoms with Gasteiger partial charge in [0, 0.05) is 17.9 Å². The largest absolute Gasteiger partial charge is 0.296 e. The molecule has 114 valence electrons. The first-order chi connectivity index (χ1) is 9.61. The van der Waals surface area contributed by atoms with E-state index in [9.17, 15) is 0 Å². The van der Waals surface area contributed by atoms with Gasteiger partial charge in [0.25, 0.3) is 0 Å². The van der Waals surface area contributed by atoms with Gasteiger partial charge < -0.3 is 0 Å². The van der Waals surface area contributed by atoms with Gasteiger partial charge >= 0.3 is 0 Å². The zero-order chi connectivity index (χ0) is 15.2. The monoisotopic (exact) mass is 278 g/mol. The van der Waals surface area contributed by atoms with E-state index in [0.717, 1.165) is 25.9 Å². The number of nitrogens with one attached hydrogen (secondary N) is 1. The number of hydrazine groups is 1. The van der Waals surface area contributed by atoms with Gasteiger partial charge in [-0.2, -0.15) is 0 Å². The first-order valence-corrected chi connectivity index (χ1v) is 7.72. The summed E-state index contributed by atoms with van der Waals surface area (Å²) in [7, 11) is 0. The highest BCUT2D eigenvalue weighted by molar-refractivity contribution is 5.28. The Balaban J connectivity index is 3.32. The predicted molar refractivity (Wildman–Crippen MR) is 85.3 cm³/mol. The van der Waals surface area contributed by atoms with Gasteiger partial charge in [-0.05, 0) is 50.0 Å². The van der Waals surface area contributed by atoms with Crippen molar-refractivity contribution >= 4 is 0 Å². The molecule has 1 aromatic rings. The van der Waals surface area contributed by atoms with Gasteiger partial charge in [0.15, 0.2) is 0 Å². The molecule has 0 bridgehead atoms. The fourth-order valence-electron chi connectivity index (χ4n) is 3.45. The second kappa shape index (κ2) is 7.72. The molecular formula is C16H30N4. The lowest BCUT2D eigenvalue weighted by atomic mass is 9.78. The molecule has 0 aromatic carbocycles. The molecule has 0 aliphatic heterocycles. The van der Waals surface area contributed by atoms with Gasteiger partial charge in [-0.15, -0.1) is 0 Å². The van der Waals surface area contributed by atoms with Crippen LogP contribution in [-0.4, -0.2) is 28.5 Å². The van der Waals surface area contributed by atoms with Gasteiger partial charge in [0.05, 0.1) is 6.04 Å². The summed E-state index contributed by atoms with van der Waals surface area (Å²) in [6, 6.07) is 2.14. The molecule has 0 amide bonds. The Labute approximate surface area is 123 Å². The predicted octanol–water partition coefficient (Wildman–Crippen LogP) is 2.80. The molecule has 0 aliphatic rings. The molecular weight excluding hydrogens is 248 g/mol. The number of hydrogen-bond acceptors (Lipinski definition) is 4. The number of pyridine rings is 1. The second-order valence-corrected chi connectivity index (χ2v) is 5.31. The minimum absolute atomic E-state index is 0.0199. The van der Waals surface area contributed by atoms with Crippen molar-refractivity contribution in [2.24, 2.45) is 5.84 Å². The Kier molecular flexibility index (Phi) is 6.59. The van der Waals surface area contributed by atoms with Crippen molar-refractivity contribution in [2.45, 2.75) is 59.0 Å². The van der Waals surface area contributed by atoms with E-state index in [-0.39, 0.29) is 11.6 Å². The summed E-state index contributed by atoms with van der Waals surface area (Å²) in [5.74, 6) is 5.95. The molecule has 1 heterocycles. The summed E-state index contributed by atoms with van der Waals surface area (Å²) < 4.78 is 0. The van der Waals surface area contributed by atoms with E-state index in [0.29, 0.717) is 0 Å². The van der Waals surface area contributed by atoms with Crippen LogP contribution in [0.4, 0.5) is 0 Å². The van der Waals surface area contributed by atoms with Crippen molar-refractivity contribution < 1.29 is 0 Å². The van der Waals surface area contributed by atoms with Crippen LogP contribution in [0.3, 0.4) is 0 Å². The summed E-state index contributed by atoms with van der Waals surface area (Å²) in [6.45, 7) is 13.1. The number of rotatable bonds is 8. The lowest BCUT2D eigenvalue weighted by molar-refractivity contribution is 0.0484. The Morgan fingerprint density at radius 3 is 2.25 bits per heavy atom. The van der Waals surface area contributed by atoms with E-state index in [2.05, 4.69) is 56.0 Å². The molecule has 20 heavy (non-hydrogen) atoms. The Hall–Kier alpha value is -0.970. The number of likely N-dealkylation sites (N-methyl/N-ethyl adjacent to an activating group) is 1. The molecule has 4 nitrogen and oxygen atoms in total. The van der Waals surface area contributed by atoms with Gasteiger partial charge in [-0.1, -0.05) is 27.7 Å². The number of nitrogens with zero attached hydrogens (tertiary/aromatic N) is 2. The maximum atomic E-state index is 5.95. The summed E-state index contributed by atoms with van der Waals surface area (Å²) in [6.07, 6.45) is 5.88. The van der Waals surface area contributed by atoms with Crippen molar-refractivity contribution in [3.63, 3.8) is 0 Å². The lowest BCUT2D eigenvalue weighted by Gasteiger charge is -2.48. The molecule has 1 aromatic heterocycles. The van der Waals surface area contributed by atoms with Crippen LogP contribution in [0.1, 0.15) is 57.7 Å². The summed E-state index contributed by atoms with van der Waals surface area (Å²) in [4.78, 5) is 6.81. The second-order valence-electron chi connectivity index (χ2n) is 5.31. The summed E-state index contributed by atoms with van der Waals surface area (Å²) >= 11 is 0. The van der Waals surface area contributed by atoms with Crippen LogP contribution in [-0.2, 0) is 0 Å². The van der Waals surface area contributed by atoms with Gasteiger partial charge in [0.2, 0.25) is 0 Å². The van der Waals surface area contributed by atoms with Gasteiger partial charge in [-0.3, -0.25) is 21.2 Å². The van der Waals surface area contributed by atoms with E-state index >= 15 is 0 Å². The highest BCUT2D eigenvalue weighted by atomic mass is 15.3. The fourth-order valence-corrected chi connectivity index (χ4v) is 3.45. The van der Waals surface area contributed by atoms with Crippen LogP contribution in [0.25, 0.3) is 0 Å². The Morgan fingerprint density at radius 2 is 1.85 bits per heavy atom. The van der Waals surface area contributed by atoms with E-state index in [1.807, 2.05) is 12.4 Å². The highest BCUT2D eigenvalue weighted by Crippen LogP contribution is 2.37. The molecule has 1 rings (SSSR count). The number of hydrogen-bond donors (Lipinski definition) is 2. The van der Waals surface area contributed by atoms with Gasteiger partial charge in [-0.25, -0.2) is 0 Å². The zero-order valence-electron chi connectivity index (χ0n) is 13.6. The van der Waals surface area contributed by atoms with Crippen LogP contribution in [0.5, 0.6) is 0 Å². The molecule has 0 spiro atoms. The highest BCUT2D eigenvalue weighted by Gasteiger charge is 2.40. The van der Waals surface area contributed by atoms with Crippen LogP contribution in [0, 0.1) is 6.92 Å². The smallest absolute Gasteiger partial charge is 0.0661 e. The number of aromatic nitrogens is 1.